The van der Waals surface area contributed by atoms with Gasteiger partial charge >= 0.3 is 5.97 Å². The molecule has 0 saturated heterocycles. The van der Waals surface area contributed by atoms with Crippen molar-refractivity contribution in [3.05, 3.63) is 35.4 Å². The largest absolute Gasteiger partial charge is 0.504 e. The smallest absolute Gasteiger partial charge is 0.345 e. The maximum absolute atomic E-state index is 11.5. The molecule has 0 aromatic heterocycles. The Hall–Kier alpha value is -1.62. The van der Waals surface area contributed by atoms with Crippen molar-refractivity contribution in [1.29, 1.82) is 0 Å². The molecule has 0 bridgehead atoms. The average molecular weight is 296 g/mol. The minimum absolute atomic E-state index is 0.109. The van der Waals surface area contributed by atoms with E-state index in [4.69, 9.17) is 4.18 Å². The molecular formula is C15H20O4S. The van der Waals surface area contributed by atoms with Crippen LogP contribution in [0.4, 0.5) is 0 Å². The van der Waals surface area contributed by atoms with E-state index >= 15 is 0 Å². The van der Waals surface area contributed by atoms with Gasteiger partial charge in [0.25, 0.3) is 0 Å². The van der Waals surface area contributed by atoms with E-state index in [-0.39, 0.29) is 17.5 Å². The van der Waals surface area contributed by atoms with Crippen molar-refractivity contribution in [2.24, 2.45) is 0 Å². The van der Waals surface area contributed by atoms with Crippen LogP contribution in [-0.2, 0) is 15.4 Å². The van der Waals surface area contributed by atoms with Gasteiger partial charge in [0.15, 0.2) is 11.5 Å². The maximum atomic E-state index is 11.5. The summed E-state index contributed by atoms with van der Waals surface area (Å²) in [6.45, 7) is 3.71. The first kappa shape index (κ1) is 16.4. The van der Waals surface area contributed by atoms with Crippen molar-refractivity contribution in [1.82, 2.24) is 0 Å². The zero-order chi connectivity index (χ0) is 15.0. The quantitative estimate of drug-likeness (QED) is 0.348. The number of carbonyl (C=O) groups excluding carboxylic acids is 1. The first-order valence-corrected chi connectivity index (χ1v) is 7.47. The second-order valence-electron chi connectivity index (χ2n) is 4.41. The van der Waals surface area contributed by atoms with Gasteiger partial charge in [0.05, 0.1) is 12.0 Å². The van der Waals surface area contributed by atoms with Crippen molar-refractivity contribution in [3.63, 3.8) is 0 Å². The van der Waals surface area contributed by atoms with E-state index in [2.05, 4.69) is 0 Å². The molecule has 1 aromatic carbocycles. The van der Waals surface area contributed by atoms with Crippen molar-refractivity contribution >= 4 is 18.0 Å². The lowest BCUT2D eigenvalue weighted by Gasteiger charge is -2.04. The van der Waals surface area contributed by atoms with E-state index in [0.717, 1.165) is 36.9 Å². The molecule has 0 aliphatic rings. The fourth-order valence-electron chi connectivity index (χ4n) is 1.61. The number of aromatic hydroxyl groups is 2. The number of allylic oxidation sites excluding steroid dienone is 1. The molecule has 5 heteroatoms. The molecule has 20 heavy (non-hydrogen) atoms. The number of carbonyl (C=O) groups is 1. The Morgan fingerprint density at radius 3 is 2.75 bits per heavy atom. The van der Waals surface area contributed by atoms with Gasteiger partial charge in [0, 0.05) is 11.3 Å². The predicted octanol–water partition coefficient (Wildman–Crippen LogP) is 3.58. The highest BCUT2D eigenvalue weighted by Gasteiger charge is 2.06. The SMILES string of the molecule is CCC=C(C)C(=O)OSCCCc1ccc(O)c(O)c1. The van der Waals surface area contributed by atoms with Crippen LogP contribution in [0.25, 0.3) is 0 Å². The first-order valence-electron chi connectivity index (χ1n) is 6.56. The molecule has 0 amide bonds. The highest BCUT2D eigenvalue weighted by atomic mass is 32.2. The standard InChI is InChI=1S/C15H20O4S/c1-3-5-11(2)15(18)19-20-9-4-6-12-7-8-13(16)14(17)10-12/h5,7-8,10,16-17H,3-4,6,9H2,1-2H3. The van der Waals surface area contributed by atoms with Crippen LogP contribution in [0.1, 0.15) is 32.3 Å². The second-order valence-corrected chi connectivity index (χ2v) is 5.23. The molecule has 110 valence electrons. The summed E-state index contributed by atoms with van der Waals surface area (Å²) in [7, 11) is 0. The van der Waals surface area contributed by atoms with Crippen LogP contribution < -0.4 is 0 Å². The molecule has 1 rings (SSSR count). The number of hydrogen-bond acceptors (Lipinski definition) is 5. The number of aryl methyl sites for hydroxylation is 1. The highest BCUT2D eigenvalue weighted by molar-refractivity contribution is 7.95. The highest BCUT2D eigenvalue weighted by Crippen LogP contribution is 2.25. The topological polar surface area (TPSA) is 66.8 Å². The summed E-state index contributed by atoms with van der Waals surface area (Å²) in [6.07, 6.45) is 4.22. The van der Waals surface area contributed by atoms with Crippen LogP contribution in [0, 0.1) is 0 Å². The minimum atomic E-state index is -0.292. The number of phenolic OH excluding ortho intramolecular Hbond substituents is 2. The third-order valence-electron chi connectivity index (χ3n) is 2.70. The molecule has 0 unspecified atom stereocenters. The van der Waals surface area contributed by atoms with Crippen LogP contribution >= 0.6 is 12.0 Å². The monoisotopic (exact) mass is 296 g/mol. The Morgan fingerprint density at radius 2 is 2.10 bits per heavy atom. The zero-order valence-electron chi connectivity index (χ0n) is 11.8. The summed E-state index contributed by atoms with van der Waals surface area (Å²) in [5.74, 6) is 0.170. The number of hydrogen-bond donors (Lipinski definition) is 2. The normalized spacial score (nSPS) is 11.4. The fraction of sp³-hybridized carbons (Fsp3) is 0.400. The lowest BCUT2D eigenvalue weighted by molar-refractivity contribution is -0.128. The van der Waals surface area contributed by atoms with Crippen LogP contribution in [-0.4, -0.2) is 21.9 Å². The lowest BCUT2D eigenvalue weighted by Crippen LogP contribution is -2.01. The van der Waals surface area contributed by atoms with E-state index in [1.54, 1.807) is 19.1 Å². The van der Waals surface area contributed by atoms with Crippen LogP contribution in [0.3, 0.4) is 0 Å². The van der Waals surface area contributed by atoms with Gasteiger partial charge in [-0.1, -0.05) is 19.1 Å². The third-order valence-corrected chi connectivity index (χ3v) is 3.42. The van der Waals surface area contributed by atoms with Gasteiger partial charge in [-0.2, -0.15) is 0 Å². The van der Waals surface area contributed by atoms with Gasteiger partial charge in [0.2, 0.25) is 0 Å². The Labute approximate surface area is 123 Å². The summed E-state index contributed by atoms with van der Waals surface area (Å²) >= 11 is 1.14. The fourth-order valence-corrected chi connectivity index (χ4v) is 2.19. The Kier molecular flexibility index (Phi) is 7.01. The Morgan fingerprint density at radius 1 is 1.35 bits per heavy atom. The zero-order valence-corrected chi connectivity index (χ0v) is 12.6. The number of benzene rings is 1. The molecule has 1 aromatic rings. The van der Waals surface area contributed by atoms with Crippen LogP contribution in [0.15, 0.2) is 29.8 Å². The van der Waals surface area contributed by atoms with Gasteiger partial charge in [-0.3, -0.25) is 0 Å². The molecule has 0 saturated carbocycles. The van der Waals surface area contributed by atoms with Gasteiger partial charge in [0.1, 0.15) is 0 Å². The van der Waals surface area contributed by atoms with Gasteiger partial charge in [-0.15, -0.1) is 0 Å². The van der Waals surface area contributed by atoms with E-state index in [1.807, 2.05) is 13.0 Å². The Bertz CT molecular complexity index is 483. The van der Waals surface area contributed by atoms with Gasteiger partial charge in [-0.25, -0.2) is 4.79 Å². The number of phenols is 2. The lowest BCUT2D eigenvalue weighted by atomic mass is 10.1. The van der Waals surface area contributed by atoms with Crippen LogP contribution in [0.2, 0.25) is 0 Å². The van der Waals surface area contributed by atoms with Gasteiger partial charge in [-0.05, 0) is 43.9 Å². The second kappa shape index (κ2) is 8.53. The van der Waals surface area contributed by atoms with Crippen molar-refractivity contribution < 1.29 is 19.2 Å². The summed E-state index contributed by atoms with van der Waals surface area (Å²) in [6, 6.07) is 4.77. The predicted molar refractivity (Wildman–Crippen MR) is 80.7 cm³/mol. The molecule has 4 nitrogen and oxygen atoms in total. The molecule has 0 spiro atoms. The summed E-state index contributed by atoms with van der Waals surface area (Å²) in [5, 5.41) is 18.5. The van der Waals surface area contributed by atoms with E-state index < -0.39 is 0 Å². The first-order chi connectivity index (χ1) is 9.54. The van der Waals surface area contributed by atoms with Crippen LogP contribution in [0.5, 0.6) is 11.5 Å². The molecule has 0 heterocycles. The Balaban J connectivity index is 2.24. The molecule has 2 N–H and O–H groups in total. The molecule has 0 radical (unpaired) electrons. The molecule has 0 fully saturated rings. The van der Waals surface area contributed by atoms with Gasteiger partial charge < -0.3 is 14.4 Å². The summed E-state index contributed by atoms with van der Waals surface area (Å²) < 4.78 is 5.06. The average Bonchev–Trinajstić information content (AvgIpc) is 2.42. The molecular weight excluding hydrogens is 276 g/mol. The molecule has 0 aliphatic carbocycles. The van der Waals surface area contributed by atoms with Crippen molar-refractivity contribution in [2.45, 2.75) is 33.1 Å². The maximum Gasteiger partial charge on any atom is 0.345 e. The van der Waals surface area contributed by atoms with E-state index in [9.17, 15) is 15.0 Å². The molecule has 0 atom stereocenters. The molecule has 0 aliphatic heterocycles. The third kappa shape index (κ3) is 5.57. The van der Waals surface area contributed by atoms with Crippen molar-refractivity contribution in [2.75, 3.05) is 5.75 Å². The minimum Gasteiger partial charge on any atom is -0.504 e. The number of rotatable bonds is 7. The van der Waals surface area contributed by atoms with E-state index in [0.29, 0.717) is 11.3 Å². The summed E-state index contributed by atoms with van der Waals surface area (Å²) in [5.41, 5.74) is 1.57. The van der Waals surface area contributed by atoms with Crippen molar-refractivity contribution in [3.8, 4) is 11.5 Å². The van der Waals surface area contributed by atoms with E-state index in [1.165, 1.54) is 6.07 Å². The summed E-state index contributed by atoms with van der Waals surface area (Å²) in [4.78, 5) is 11.5.